The average molecular weight is 354 g/mol. The summed E-state index contributed by atoms with van der Waals surface area (Å²) >= 11 is 0. The molecule has 0 aliphatic carbocycles. The van der Waals surface area contributed by atoms with Gasteiger partial charge in [0.25, 0.3) is 0 Å². The minimum absolute atomic E-state index is 0.427. The van der Waals surface area contributed by atoms with Gasteiger partial charge in [-0.1, -0.05) is 33.4 Å². The number of rotatable bonds is 7. The predicted molar refractivity (Wildman–Crippen MR) is 102 cm³/mol. The Bertz CT molecular complexity index is 677. The minimum Gasteiger partial charge on any atom is -0.481 e. The maximum absolute atomic E-state index is 5.50. The van der Waals surface area contributed by atoms with Gasteiger partial charge in [-0.25, -0.2) is 0 Å². The Labute approximate surface area is 151 Å². The van der Waals surface area contributed by atoms with Crippen LogP contribution in [-0.4, -0.2) is 13.2 Å². The lowest BCUT2D eigenvalue weighted by atomic mass is 10.3. The predicted octanol–water partition coefficient (Wildman–Crippen LogP) is 5.29. The molecule has 0 saturated carbocycles. The van der Waals surface area contributed by atoms with Crippen LogP contribution in [0, 0.1) is 23.7 Å². The maximum Gasteiger partial charge on any atom is 0.149 e. The van der Waals surface area contributed by atoms with Gasteiger partial charge in [-0.3, -0.25) is 0 Å². The molecule has 0 aromatic heterocycles. The molecule has 2 aromatic carbocycles. The molecule has 0 bridgehead atoms. The Kier molecular flexibility index (Phi) is 8.04. The lowest BCUT2D eigenvalue weighted by Gasteiger charge is -2.05. The fourth-order valence-corrected chi connectivity index (χ4v) is 3.59. The smallest absolute Gasteiger partial charge is 0.149 e. The Hall–Kier alpha value is -2.14. The number of ether oxygens (including phenoxy) is 2. The van der Waals surface area contributed by atoms with Crippen molar-refractivity contribution in [3.8, 4) is 35.2 Å². The van der Waals surface area contributed by atoms with Gasteiger partial charge in [0.15, 0.2) is 0 Å². The number of hydrogen-bond acceptors (Lipinski definition) is 4. The van der Waals surface area contributed by atoms with E-state index in [1.807, 2.05) is 48.5 Å². The first kappa shape index (κ1) is 18.2. The van der Waals surface area contributed by atoms with Crippen molar-refractivity contribution in [1.82, 2.24) is 0 Å². The molecular weight excluding hydrogens is 336 g/mol. The van der Waals surface area contributed by atoms with Crippen LogP contribution in [0.4, 0.5) is 0 Å². The topological polar surface area (TPSA) is 18.5 Å². The zero-order valence-electron chi connectivity index (χ0n) is 13.7. The summed E-state index contributed by atoms with van der Waals surface area (Å²) in [5.74, 6) is 13.0. The van der Waals surface area contributed by atoms with Crippen LogP contribution in [0.15, 0.2) is 58.3 Å². The van der Waals surface area contributed by atoms with Gasteiger partial charge in [0.05, 0.1) is 0 Å². The first-order valence-corrected chi connectivity index (χ1v) is 9.56. The molecule has 4 heteroatoms. The molecule has 0 unspecified atom stereocenters. The first-order valence-electron chi connectivity index (χ1n) is 7.41. The Balaban J connectivity index is 1.81. The summed E-state index contributed by atoms with van der Waals surface area (Å²) in [6.07, 6.45) is 0. The van der Waals surface area contributed by atoms with E-state index in [0.29, 0.717) is 13.2 Å². The Morgan fingerprint density at radius 2 is 1.04 bits per heavy atom. The monoisotopic (exact) mass is 354 g/mol. The van der Waals surface area contributed by atoms with Crippen molar-refractivity contribution in [1.29, 1.82) is 0 Å². The molecule has 0 saturated heterocycles. The molecule has 0 spiro atoms. The van der Waals surface area contributed by atoms with E-state index in [-0.39, 0.29) is 0 Å². The molecule has 24 heavy (non-hydrogen) atoms. The van der Waals surface area contributed by atoms with E-state index < -0.39 is 0 Å². The third kappa shape index (κ3) is 6.54. The van der Waals surface area contributed by atoms with Gasteiger partial charge in [0, 0.05) is 9.79 Å². The van der Waals surface area contributed by atoms with Crippen LogP contribution < -0.4 is 9.47 Å². The second kappa shape index (κ2) is 10.6. The molecule has 2 rings (SSSR count). The third-order valence-corrected chi connectivity index (χ3v) is 5.27. The molecule has 0 heterocycles. The fraction of sp³-hybridized carbons (Fsp3) is 0.200. The minimum atomic E-state index is 0.427. The second-order valence-corrected chi connectivity index (χ2v) is 6.82. The normalized spacial score (nSPS) is 9.25. The van der Waals surface area contributed by atoms with E-state index in [1.165, 1.54) is 9.79 Å². The van der Waals surface area contributed by atoms with Crippen LogP contribution >= 0.6 is 21.6 Å². The highest BCUT2D eigenvalue weighted by molar-refractivity contribution is 8.76. The molecule has 0 aliphatic rings. The zero-order valence-corrected chi connectivity index (χ0v) is 15.3. The molecule has 0 aliphatic heterocycles. The van der Waals surface area contributed by atoms with Crippen LogP contribution in [0.2, 0.25) is 0 Å². The van der Waals surface area contributed by atoms with Crippen LogP contribution in [-0.2, 0) is 0 Å². The van der Waals surface area contributed by atoms with Crippen molar-refractivity contribution < 1.29 is 9.47 Å². The molecule has 2 nitrogen and oxygen atoms in total. The Morgan fingerprint density at radius 1 is 0.667 bits per heavy atom. The van der Waals surface area contributed by atoms with E-state index in [4.69, 9.17) is 9.47 Å². The van der Waals surface area contributed by atoms with Crippen molar-refractivity contribution >= 4 is 21.6 Å². The third-order valence-electron chi connectivity index (χ3n) is 2.86. The summed E-state index contributed by atoms with van der Waals surface area (Å²) in [5.41, 5.74) is 0. The highest BCUT2D eigenvalue weighted by Gasteiger charge is 2.00. The molecule has 0 atom stereocenters. The van der Waals surface area contributed by atoms with Crippen LogP contribution in [0.25, 0.3) is 0 Å². The van der Waals surface area contributed by atoms with Crippen LogP contribution in [0.3, 0.4) is 0 Å². The quantitative estimate of drug-likeness (QED) is 0.496. The molecule has 122 valence electrons. The molecule has 0 radical (unpaired) electrons. The van der Waals surface area contributed by atoms with Crippen molar-refractivity contribution in [3.63, 3.8) is 0 Å². The van der Waals surface area contributed by atoms with E-state index >= 15 is 0 Å². The second-order valence-electron chi connectivity index (χ2n) is 4.54. The van der Waals surface area contributed by atoms with Gasteiger partial charge in [0.2, 0.25) is 0 Å². The van der Waals surface area contributed by atoms with Crippen LogP contribution in [0.1, 0.15) is 13.8 Å². The van der Waals surface area contributed by atoms with Crippen molar-refractivity contribution in [2.45, 2.75) is 23.6 Å². The number of hydrogen-bond donors (Lipinski definition) is 0. The van der Waals surface area contributed by atoms with Gasteiger partial charge in [-0.2, -0.15) is 0 Å². The fourth-order valence-electron chi connectivity index (χ4n) is 1.66. The maximum atomic E-state index is 5.50. The van der Waals surface area contributed by atoms with E-state index in [9.17, 15) is 0 Å². The molecule has 0 fully saturated rings. The van der Waals surface area contributed by atoms with Crippen LogP contribution in [0.5, 0.6) is 11.5 Å². The summed E-state index contributed by atoms with van der Waals surface area (Å²) in [7, 11) is 3.42. The molecule has 0 amide bonds. The van der Waals surface area contributed by atoms with Gasteiger partial charge in [0.1, 0.15) is 24.7 Å². The highest BCUT2D eigenvalue weighted by atomic mass is 33.1. The molecule has 2 aromatic rings. The SMILES string of the molecule is CC#CCOc1ccc(SSc2ccc(OCC#CC)cc2)cc1. The van der Waals surface area contributed by atoms with Gasteiger partial charge in [-0.15, -0.1) is 11.8 Å². The lowest BCUT2D eigenvalue weighted by Crippen LogP contribution is -1.93. The summed E-state index contributed by atoms with van der Waals surface area (Å²) in [6, 6.07) is 16.1. The summed E-state index contributed by atoms with van der Waals surface area (Å²) in [6.45, 7) is 4.46. The summed E-state index contributed by atoms with van der Waals surface area (Å²) in [5, 5.41) is 0. The largest absolute Gasteiger partial charge is 0.481 e. The van der Waals surface area contributed by atoms with Gasteiger partial charge in [-0.05, 0) is 62.4 Å². The summed E-state index contributed by atoms with van der Waals surface area (Å²) < 4.78 is 11.0. The van der Waals surface area contributed by atoms with E-state index in [1.54, 1.807) is 35.4 Å². The average Bonchev–Trinajstić information content (AvgIpc) is 2.63. The van der Waals surface area contributed by atoms with E-state index in [2.05, 4.69) is 23.7 Å². The molecular formula is C20H18O2S2. The first-order chi connectivity index (χ1) is 11.8. The molecule has 0 N–H and O–H groups in total. The van der Waals surface area contributed by atoms with E-state index in [0.717, 1.165) is 11.5 Å². The van der Waals surface area contributed by atoms with Crippen molar-refractivity contribution in [2.24, 2.45) is 0 Å². The highest BCUT2D eigenvalue weighted by Crippen LogP contribution is 2.38. The zero-order chi connectivity index (χ0) is 17.0. The summed E-state index contributed by atoms with van der Waals surface area (Å²) in [4.78, 5) is 2.35. The van der Waals surface area contributed by atoms with Crippen molar-refractivity contribution in [3.05, 3.63) is 48.5 Å². The van der Waals surface area contributed by atoms with Gasteiger partial charge < -0.3 is 9.47 Å². The van der Waals surface area contributed by atoms with Gasteiger partial charge >= 0.3 is 0 Å². The Morgan fingerprint density at radius 3 is 1.38 bits per heavy atom. The lowest BCUT2D eigenvalue weighted by molar-refractivity contribution is 0.370. The van der Waals surface area contributed by atoms with Crippen molar-refractivity contribution in [2.75, 3.05) is 13.2 Å². The standard InChI is InChI=1S/C20H18O2S2/c1-3-5-15-21-17-7-11-19(12-8-17)23-24-20-13-9-18(10-14-20)22-16-6-4-2/h7-14H,15-16H2,1-2H3. The number of benzene rings is 2.